The van der Waals surface area contributed by atoms with Gasteiger partial charge in [0, 0.05) is 19.4 Å². The Kier molecular flexibility index (Phi) is 52.9. The van der Waals surface area contributed by atoms with Crippen LogP contribution in [0.2, 0.25) is 0 Å². The fraction of sp³-hybridized carbons (Fsp3) is 0.797. The summed E-state index contributed by atoms with van der Waals surface area (Å²) in [4.78, 5) is 25.5. The molecule has 0 amide bonds. The Morgan fingerprint density at radius 1 is 0.359 bits per heavy atom. The number of rotatable bonds is 51. The first-order chi connectivity index (χ1) is 31.6. The van der Waals surface area contributed by atoms with Crippen molar-refractivity contribution in [1.82, 2.24) is 0 Å². The fourth-order valence-corrected chi connectivity index (χ4v) is 7.92. The maximum absolute atomic E-state index is 12.8. The van der Waals surface area contributed by atoms with E-state index in [-0.39, 0.29) is 25.2 Å². The Bertz CT molecular complexity index is 1100. The van der Waals surface area contributed by atoms with Crippen molar-refractivity contribution < 1.29 is 23.8 Å². The first-order valence-corrected chi connectivity index (χ1v) is 27.8. The van der Waals surface area contributed by atoms with Gasteiger partial charge in [-0.2, -0.15) is 0 Å². The van der Waals surface area contributed by atoms with E-state index in [0.717, 1.165) is 77.0 Å². The lowest BCUT2D eigenvalue weighted by Crippen LogP contribution is -2.30. The van der Waals surface area contributed by atoms with Crippen LogP contribution in [-0.2, 0) is 23.8 Å². The van der Waals surface area contributed by atoms with Crippen LogP contribution in [0.3, 0.4) is 0 Å². The number of unbranched alkanes of at least 4 members (excludes halogenated alkanes) is 30. The van der Waals surface area contributed by atoms with Gasteiger partial charge in [-0.3, -0.25) is 9.59 Å². The monoisotopic (exact) mass is 895 g/mol. The smallest absolute Gasteiger partial charge is 0.306 e. The van der Waals surface area contributed by atoms with E-state index in [9.17, 15) is 9.59 Å². The van der Waals surface area contributed by atoms with Gasteiger partial charge in [0.1, 0.15) is 6.61 Å². The molecule has 0 aliphatic heterocycles. The summed E-state index contributed by atoms with van der Waals surface area (Å²) >= 11 is 0. The molecule has 372 valence electrons. The van der Waals surface area contributed by atoms with Crippen molar-refractivity contribution in [2.75, 3.05) is 19.8 Å². The molecule has 0 saturated carbocycles. The average Bonchev–Trinajstić information content (AvgIpc) is 3.30. The molecule has 1 atom stereocenters. The molecule has 0 N–H and O–H groups in total. The Morgan fingerprint density at radius 2 is 0.734 bits per heavy atom. The van der Waals surface area contributed by atoms with E-state index >= 15 is 0 Å². The highest BCUT2D eigenvalue weighted by molar-refractivity contribution is 5.70. The standard InChI is InChI=1S/C59H106O5/c1-4-7-10-13-16-19-22-25-27-29-31-33-36-39-42-45-48-51-54-62-55-57(64-59(61)53-50-47-44-41-38-34-24-21-18-15-12-9-6-3)56-63-58(60)52-49-46-43-40-37-35-32-30-28-26-23-20-17-14-11-8-5-2/h7,10,12,15-16,19,21,24-25,27,57H,4-6,8-9,11,13-14,17-18,20,22-23,26,28-56H2,1-3H3/b10-7-,15-12-,19-16-,24-21-,27-25-. The second-order valence-electron chi connectivity index (χ2n) is 18.5. The van der Waals surface area contributed by atoms with Crippen LogP contribution in [0.1, 0.15) is 278 Å². The Balaban J connectivity index is 4.25. The van der Waals surface area contributed by atoms with Crippen molar-refractivity contribution in [3.63, 3.8) is 0 Å². The molecule has 5 nitrogen and oxygen atoms in total. The van der Waals surface area contributed by atoms with Gasteiger partial charge >= 0.3 is 11.9 Å². The Morgan fingerprint density at radius 3 is 1.19 bits per heavy atom. The maximum atomic E-state index is 12.8. The van der Waals surface area contributed by atoms with E-state index in [1.54, 1.807) is 0 Å². The SMILES string of the molecule is CC/C=C\C/C=C\C/C=C\CCCCCCCCCCOCC(COC(=O)CCCCCCCCCCCCCCCCCCC)OC(=O)CCCCCCC/C=C\C/C=C\CCC. The van der Waals surface area contributed by atoms with Crippen LogP contribution in [0.25, 0.3) is 0 Å². The maximum Gasteiger partial charge on any atom is 0.306 e. The van der Waals surface area contributed by atoms with Crippen LogP contribution in [0.4, 0.5) is 0 Å². The molecule has 1 unspecified atom stereocenters. The summed E-state index contributed by atoms with van der Waals surface area (Å²) in [6.07, 6.45) is 69.5. The van der Waals surface area contributed by atoms with Gasteiger partial charge in [0.15, 0.2) is 6.10 Å². The molecule has 0 aromatic carbocycles. The molecule has 0 aliphatic rings. The molecule has 0 bridgehead atoms. The van der Waals surface area contributed by atoms with Gasteiger partial charge in [0.2, 0.25) is 0 Å². The minimum atomic E-state index is -0.546. The first-order valence-electron chi connectivity index (χ1n) is 27.8. The summed E-state index contributed by atoms with van der Waals surface area (Å²) < 4.78 is 17.4. The highest BCUT2D eigenvalue weighted by atomic mass is 16.6. The molecule has 0 fully saturated rings. The number of esters is 2. The van der Waals surface area contributed by atoms with Crippen molar-refractivity contribution in [3.05, 3.63) is 60.8 Å². The van der Waals surface area contributed by atoms with Crippen LogP contribution in [0.15, 0.2) is 60.8 Å². The predicted octanol–water partition coefficient (Wildman–Crippen LogP) is 18.9. The fourth-order valence-electron chi connectivity index (χ4n) is 7.92. The Labute approximate surface area is 398 Å². The van der Waals surface area contributed by atoms with Crippen molar-refractivity contribution >= 4 is 11.9 Å². The van der Waals surface area contributed by atoms with E-state index in [4.69, 9.17) is 14.2 Å². The van der Waals surface area contributed by atoms with Crippen molar-refractivity contribution in [3.8, 4) is 0 Å². The Hall–Kier alpha value is -2.40. The zero-order chi connectivity index (χ0) is 46.3. The lowest BCUT2D eigenvalue weighted by Gasteiger charge is -2.18. The first kappa shape index (κ1) is 61.6. The average molecular weight is 895 g/mol. The minimum absolute atomic E-state index is 0.0786. The summed E-state index contributed by atoms with van der Waals surface area (Å²) in [6, 6.07) is 0. The van der Waals surface area contributed by atoms with Gasteiger partial charge in [-0.15, -0.1) is 0 Å². The molecule has 0 radical (unpaired) electrons. The zero-order valence-corrected chi connectivity index (χ0v) is 42.8. The van der Waals surface area contributed by atoms with E-state index in [2.05, 4.69) is 81.5 Å². The quantitative estimate of drug-likeness (QED) is 0.0346. The third-order valence-corrected chi connectivity index (χ3v) is 12.0. The molecule has 0 saturated heterocycles. The molecular weight excluding hydrogens is 789 g/mol. The number of allylic oxidation sites excluding steroid dienone is 10. The second kappa shape index (κ2) is 54.9. The van der Waals surface area contributed by atoms with E-state index < -0.39 is 6.10 Å². The van der Waals surface area contributed by atoms with Gasteiger partial charge in [-0.1, -0.05) is 248 Å². The normalized spacial score (nSPS) is 12.6. The van der Waals surface area contributed by atoms with Crippen molar-refractivity contribution in [2.24, 2.45) is 0 Å². The summed E-state index contributed by atoms with van der Waals surface area (Å²) in [5.41, 5.74) is 0. The number of hydrogen-bond donors (Lipinski definition) is 0. The summed E-state index contributed by atoms with van der Waals surface area (Å²) in [5, 5.41) is 0. The number of carbonyl (C=O) groups is 2. The van der Waals surface area contributed by atoms with Gasteiger partial charge < -0.3 is 14.2 Å². The summed E-state index contributed by atoms with van der Waals surface area (Å²) in [5.74, 6) is -0.406. The predicted molar refractivity (Wildman–Crippen MR) is 279 cm³/mol. The van der Waals surface area contributed by atoms with E-state index in [1.807, 2.05) is 0 Å². The third kappa shape index (κ3) is 52.2. The topological polar surface area (TPSA) is 61.8 Å². The lowest BCUT2D eigenvalue weighted by atomic mass is 10.0. The van der Waals surface area contributed by atoms with Crippen LogP contribution in [-0.4, -0.2) is 37.9 Å². The van der Waals surface area contributed by atoms with Crippen molar-refractivity contribution in [1.29, 1.82) is 0 Å². The van der Waals surface area contributed by atoms with E-state index in [1.165, 1.54) is 167 Å². The zero-order valence-electron chi connectivity index (χ0n) is 42.8. The minimum Gasteiger partial charge on any atom is -0.462 e. The molecule has 64 heavy (non-hydrogen) atoms. The largest absolute Gasteiger partial charge is 0.462 e. The molecule has 0 aliphatic carbocycles. The highest BCUT2D eigenvalue weighted by Crippen LogP contribution is 2.16. The van der Waals surface area contributed by atoms with Gasteiger partial charge in [-0.25, -0.2) is 0 Å². The molecule has 0 heterocycles. The van der Waals surface area contributed by atoms with Crippen LogP contribution >= 0.6 is 0 Å². The second-order valence-corrected chi connectivity index (χ2v) is 18.5. The van der Waals surface area contributed by atoms with Crippen LogP contribution < -0.4 is 0 Å². The number of carbonyl (C=O) groups excluding carboxylic acids is 2. The third-order valence-electron chi connectivity index (χ3n) is 12.0. The van der Waals surface area contributed by atoms with Gasteiger partial charge in [0.05, 0.1) is 6.61 Å². The summed E-state index contributed by atoms with van der Waals surface area (Å²) in [7, 11) is 0. The lowest BCUT2D eigenvalue weighted by molar-refractivity contribution is -0.163. The van der Waals surface area contributed by atoms with Crippen molar-refractivity contribution in [2.45, 2.75) is 284 Å². The van der Waals surface area contributed by atoms with Gasteiger partial charge in [0.25, 0.3) is 0 Å². The van der Waals surface area contributed by atoms with E-state index in [0.29, 0.717) is 19.4 Å². The molecule has 0 rings (SSSR count). The number of hydrogen-bond acceptors (Lipinski definition) is 5. The number of ether oxygens (including phenoxy) is 3. The van der Waals surface area contributed by atoms with Crippen LogP contribution in [0, 0.1) is 0 Å². The molecule has 0 spiro atoms. The highest BCUT2D eigenvalue weighted by Gasteiger charge is 2.17. The summed E-state index contributed by atoms with van der Waals surface area (Å²) in [6.45, 7) is 7.66. The molecule has 0 aromatic rings. The van der Waals surface area contributed by atoms with Crippen LogP contribution in [0.5, 0.6) is 0 Å². The van der Waals surface area contributed by atoms with Gasteiger partial charge in [-0.05, 0) is 77.0 Å². The molecule has 5 heteroatoms. The molecule has 0 aromatic heterocycles. The molecular formula is C59H106O5.